The minimum Gasteiger partial charge on any atom is -0.391 e. The van der Waals surface area contributed by atoms with Gasteiger partial charge in [-0.25, -0.2) is 0 Å². The van der Waals surface area contributed by atoms with Gasteiger partial charge in [-0.1, -0.05) is 26.7 Å². The number of hydrogen-bond donors (Lipinski definition) is 2. The van der Waals surface area contributed by atoms with Crippen molar-refractivity contribution < 1.29 is 5.11 Å². The molecule has 1 saturated carbocycles. The zero-order valence-corrected chi connectivity index (χ0v) is 11.1. The number of nitrogens with one attached hydrogen (secondary N) is 1. The van der Waals surface area contributed by atoms with Crippen molar-refractivity contribution in [2.24, 2.45) is 0 Å². The molecule has 0 spiro atoms. The summed E-state index contributed by atoms with van der Waals surface area (Å²) in [6.07, 6.45) is 5.68. The molecule has 16 heavy (non-hydrogen) atoms. The van der Waals surface area contributed by atoms with Gasteiger partial charge in [-0.2, -0.15) is 0 Å². The second-order valence-electron chi connectivity index (χ2n) is 5.36. The molecule has 0 aromatic rings. The standard InChI is InChI=1S/C13H28N2O/c1-11(2)14-9-6-10-15(3)12-7-4-5-8-13(12)16/h11-14,16H,4-10H2,1-3H3. The molecule has 96 valence electrons. The first-order valence-corrected chi connectivity index (χ1v) is 6.73. The van der Waals surface area contributed by atoms with Gasteiger partial charge in [0.05, 0.1) is 6.10 Å². The Hall–Kier alpha value is -0.120. The molecule has 1 fully saturated rings. The third kappa shape index (κ3) is 4.81. The van der Waals surface area contributed by atoms with Crippen LogP contribution in [0.1, 0.15) is 46.0 Å². The van der Waals surface area contributed by atoms with Gasteiger partial charge in [0.2, 0.25) is 0 Å². The van der Waals surface area contributed by atoms with Crippen molar-refractivity contribution in [3.63, 3.8) is 0 Å². The monoisotopic (exact) mass is 228 g/mol. The molecular formula is C13H28N2O. The van der Waals surface area contributed by atoms with Crippen LogP contribution in [0.4, 0.5) is 0 Å². The predicted molar refractivity (Wildman–Crippen MR) is 68.6 cm³/mol. The van der Waals surface area contributed by atoms with Gasteiger partial charge < -0.3 is 15.3 Å². The van der Waals surface area contributed by atoms with Crippen LogP contribution in [0.25, 0.3) is 0 Å². The largest absolute Gasteiger partial charge is 0.391 e. The van der Waals surface area contributed by atoms with Crippen LogP contribution in [0.3, 0.4) is 0 Å². The van der Waals surface area contributed by atoms with Crippen molar-refractivity contribution in [2.75, 3.05) is 20.1 Å². The average molecular weight is 228 g/mol. The summed E-state index contributed by atoms with van der Waals surface area (Å²) in [5, 5.41) is 13.4. The zero-order chi connectivity index (χ0) is 12.0. The van der Waals surface area contributed by atoms with E-state index in [2.05, 4.69) is 31.1 Å². The number of hydrogen-bond acceptors (Lipinski definition) is 3. The molecule has 0 aromatic carbocycles. The van der Waals surface area contributed by atoms with Gasteiger partial charge in [-0.3, -0.25) is 0 Å². The summed E-state index contributed by atoms with van der Waals surface area (Å²) in [5.41, 5.74) is 0. The molecule has 3 heteroatoms. The number of aliphatic hydroxyl groups is 1. The quantitative estimate of drug-likeness (QED) is 0.678. The molecule has 1 aliphatic carbocycles. The van der Waals surface area contributed by atoms with E-state index in [1.807, 2.05) is 0 Å². The van der Waals surface area contributed by atoms with Crippen molar-refractivity contribution in [3.05, 3.63) is 0 Å². The Morgan fingerprint density at radius 2 is 2.00 bits per heavy atom. The van der Waals surface area contributed by atoms with E-state index in [4.69, 9.17) is 0 Å². The highest BCUT2D eigenvalue weighted by molar-refractivity contribution is 4.81. The van der Waals surface area contributed by atoms with Crippen molar-refractivity contribution in [1.82, 2.24) is 10.2 Å². The van der Waals surface area contributed by atoms with Crippen LogP contribution < -0.4 is 5.32 Å². The van der Waals surface area contributed by atoms with E-state index < -0.39 is 0 Å². The third-order valence-corrected chi connectivity index (χ3v) is 3.50. The highest BCUT2D eigenvalue weighted by Gasteiger charge is 2.25. The Morgan fingerprint density at radius 1 is 1.31 bits per heavy atom. The van der Waals surface area contributed by atoms with E-state index in [0.29, 0.717) is 12.1 Å². The maximum atomic E-state index is 9.93. The summed E-state index contributed by atoms with van der Waals surface area (Å²) in [5.74, 6) is 0. The predicted octanol–water partition coefficient (Wildman–Crippen LogP) is 1.61. The van der Waals surface area contributed by atoms with Gasteiger partial charge in [0, 0.05) is 12.1 Å². The molecule has 0 bridgehead atoms. The second-order valence-corrected chi connectivity index (χ2v) is 5.36. The fourth-order valence-corrected chi connectivity index (χ4v) is 2.49. The van der Waals surface area contributed by atoms with Gasteiger partial charge in [-0.05, 0) is 39.4 Å². The van der Waals surface area contributed by atoms with Crippen LogP contribution in [0.15, 0.2) is 0 Å². The first-order valence-electron chi connectivity index (χ1n) is 6.73. The number of rotatable bonds is 6. The van der Waals surface area contributed by atoms with Crippen molar-refractivity contribution in [1.29, 1.82) is 0 Å². The Balaban J connectivity index is 2.15. The average Bonchev–Trinajstić information content (AvgIpc) is 2.24. The summed E-state index contributed by atoms with van der Waals surface area (Å²) in [6.45, 7) is 6.51. The minimum absolute atomic E-state index is 0.100. The maximum absolute atomic E-state index is 9.93. The van der Waals surface area contributed by atoms with Gasteiger partial charge in [0.1, 0.15) is 0 Å². The fraction of sp³-hybridized carbons (Fsp3) is 1.00. The van der Waals surface area contributed by atoms with E-state index in [1.54, 1.807) is 0 Å². The summed E-state index contributed by atoms with van der Waals surface area (Å²) < 4.78 is 0. The Kier molecular flexibility index (Phi) is 6.32. The normalized spacial score (nSPS) is 26.6. The summed E-state index contributed by atoms with van der Waals surface area (Å²) in [6, 6.07) is 0.971. The SMILES string of the molecule is CC(C)NCCCN(C)C1CCCCC1O. The van der Waals surface area contributed by atoms with Crippen LogP contribution in [0.5, 0.6) is 0 Å². The van der Waals surface area contributed by atoms with Crippen LogP contribution in [-0.4, -0.2) is 48.3 Å². The lowest BCUT2D eigenvalue weighted by Gasteiger charge is -2.35. The van der Waals surface area contributed by atoms with Gasteiger partial charge >= 0.3 is 0 Å². The Labute approximate surface area is 100 Å². The summed E-state index contributed by atoms with van der Waals surface area (Å²) in [4.78, 5) is 2.34. The zero-order valence-electron chi connectivity index (χ0n) is 11.1. The molecular weight excluding hydrogens is 200 g/mol. The van der Waals surface area contributed by atoms with Crippen molar-refractivity contribution in [3.8, 4) is 0 Å². The lowest BCUT2D eigenvalue weighted by Crippen LogP contribution is -2.44. The van der Waals surface area contributed by atoms with Crippen LogP contribution >= 0.6 is 0 Å². The molecule has 1 rings (SSSR count). The molecule has 3 nitrogen and oxygen atoms in total. The topological polar surface area (TPSA) is 35.5 Å². The molecule has 0 aromatic heterocycles. The van der Waals surface area contributed by atoms with Crippen molar-refractivity contribution >= 4 is 0 Å². The van der Waals surface area contributed by atoms with Gasteiger partial charge in [0.15, 0.2) is 0 Å². The molecule has 2 atom stereocenters. The lowest BCUT2D eigenvalue weighted by molar-refractivity contribution is 0.0318. The van der Waals surface area contributed by atoms with E-state index in [9.17, 15) is 5.11 Å². The van der Waals surface area contributed by atoms with Gasteiger partial charge in [-0.15, -0.1) is 0 Å². The fourth-order valence-electron chi connectivity index (χ4n) is 2.49. The van der Waals surface area contributed by atoms with Crippen LogP contribution in [-0.2, 0) is 0 Å². The molecule has 1 aliphatic rings. The Morgan fingerprint density at radius 3 is 2.62 bits per heavy atom. The molecule has 0 radical (unpaired) electrons. The highest BCUT2D eigenvalue weighted by Crippen LogP contribution is 2.22. The molecule has 2 N–H and O–H groups in total. The lowest BCUT2D eigenvalue weighted by atomic mass is 9.91. The summed E-state index contributed by atoms with van der Waals surface area (Å²) in [7, 11) is 2.15. The van der Waals surface area contributed by atoms with E-state index >= 15 is 0 Å². The molecule has 2 unspecified atom stereocenters. The molecule has 0 amide bonds. The minimum atomic E-state index is -0.100. The highest BCUT2D eigenvalue weighted by atomic mass is 16.3. The van der Waals surface area contributed by atoms with E-state index in [-0.39, 0.29) is 6.10 Å². The smallest absolute Gasteiger partial charge is 0.0695 e. The van der Waals surface area contributed by atoms with E-state index in [1.165, 1.54) is 12.8 Å². The first-order chi connectivity index (χ1) is 7.61. The van der Waals surface area contributed by atoms with Gasteiger partial charge in [0.25, 0.3) is 0 Å². The summed E-state index contributed by atoms with van der Waals surface area (Å²) >= 11 is 0. The van der Waals surface area contributed by atoms with Crippen LogP contribution in [0.2, 0.25) is 0 Å². The van der Waals surface area contributed by atoms with Crippen molar-refractivity contribution in [2.45, 2.75) is 64.1 Å². The molecule has 0 saturated heterocycles. The molecule has 0 aliphatic heterocycles. The maximum Gasteiger partial charge on any atom is 0.0695 e. The van der Waals surface area contributed by atoms with Crippen LogP contribution in [0, 0.1) is 0 Å². The first kappa shape index (κ1) is 13.9. The molecule has 0 heterocycles. The number of aliphatic hydroxyl groups excluding tert-OH is 1. The number of likely N-dealkylation sites (N-methyl/N-ethyl adjacent to an activating group) is 1. The third-order valence-electron chi connectivity index (χ3n) is 3.50. The number of nitrogens with zero attached hydrogens (tertiary/aromatic N) is 1. The Bertz CT molecular complexity index is 185. The second kappa shape index (κ2) is 7.25. The van der Waals surface area contributed by atoms with E-state index in [0.717, 1.165) is 32.4 Å².